The van der Waals surface area contributed by atoms with Gasteiger partial charge in [-0.1, -0.05) is 0 Å². The van der Waals surface area contributed by atoms with E-state index in [0.717, 1.165) is 35.4 Å². The molecular formula is C19H19N4O3S-. The van der Waals surface area contributed by atoms with Crippen LogP contribution in [0.15, 0.2) is 42.5 Å². The normalized spacial score (nSPS) is 16.6. The minimum atomic E-state index is -1.02. The molecule has 4 rings (SSSR count). The number of carboxylic acid groups (broad SMARTS) is 1. The van der Waals surface area contributed by atoms with E-state index in [1.807, 2.05) is 47.4 Å². The molecule has 1 aliphatic rings. The summed E-state index contributed by atoms with van der Waals surface area (Å²) in [4.78, 5) is 19.2. The number of carboxylic acids is 1. The Morgan fingerprint density at radius 2 is 2.00 bits per heavy atom. The van der Waals surface area contributed by atoms with Crippen molar-refractivity contribution in [3.63, 3.8) is 0 Å². The summed E-state index contributed by atoms with van der Waals surface area (Å²) in [6.07, 6.45) is 1.48. The zero-order valence-electron chi connectivity index (χ0n) is 14.5. The monoisotopic (exact) mass is 383 g/mol. The van der Waals surface area contributed by atoms with Gasteiger partial charge < -0.3 is 34.8 Å². The Labute approximate surface area is 161 Å². The fourth-order valence-corrected chi connectivity index (χ4v) is 3.62. The van der Waals surface area contributed by atoms with Crippen LogP contribution in [0.2, 0.25) is 0 Å². The first kappa shape index (κ1) is 17.4. The molecular weight excluding hydrogens is 364 g/mol. The number of H-pyrrole nitrogens is 2. The highest BCUT2D eigenvalue weighted by molar-refractivity contribution is 7.71. The molecule has 2 heterocycles. The summed E-state index contributed by atoms with van der Waals surface area (Å²) >= 11 is 5.08. The van der Waals surface area contributed by atoms with E-state index in [-0.39, 0.29) is 0 Å². The highest BCUT2D eigenvalue weighted by atomic mass is 32.1. The molecule has 3 aromatic rings. The van der Waals surface area contributed by atoms with Crippen molar-refractivity contribution in [2.45, 2.75) is 18.9 Å². The molecule has 1 aromatic heterocycles. The predicted octanol–water partition coefficient (Wildman–Crippen LogP) is 2.39. The maximum Gasteiger partial charge on any atom is 0.175 e. The molecule has 140 valence electrons. The second-order valence-electron chi connectivity index (χ2n) is 6.47. The molecule has 1 aliphatic heterocycles. The Morgan fingerprint density at radius 1 is 1.22 bits per heavy atom. The average Bonchev–Trinajstić information content (AvgIpc) is 3.28. The van der Waals surface area contributed by atoms with Crippen molar-refractivity contribution in [3.05, 3.63) is 47.2 Å². The Kier molecular flexibility index (Phi) is 4.72. The summed E-state index contributed by atoms with van der Waals surface area (Å²) in [5.74, 6) is -0.311. The van der Waals surface area contributed by atoms with E-state index in [1.54, 1.807) is 0 Å². The number of aromatic nitrogens is 2. The van der Waals surface area contributed by atoms with Crippen molar-refractivity contribution < 1.29 is 14.6 Å². The molecule has 8 heteroatoms. The van der Waals surface area contributed by atoms with E-state index < -0.39 is 12.0 Å². The summed E-state index contributed by atoms with van der Waals surface area (Å²) in [6, 6.07) is 12.7. The molecule has 1 saturated heterocycles. The van der Waals surface area contributed by atoms with E-state index in [1.165, 1.54) is 0 Å². The standard InChI is InChI=1S/C19H20N4O3S/c24-18(25)17-2-1-9-23(17)13-4-6-14(7-5-13)26-11-20-12-3-8-15-16(10-12)22-19(27)21-15/h3-8,10,17,20H,1-2,9,11H2,(H,24,25)(H2,21,22,27)/p-1. The van der Waals surface area contributed by atoms with E-state index in [4.69, 9.17) is 17.0 Å². The predicted molar refractivity (Wildman–Crippen MR) is 104 cm³/mol. The first-order chi connectivity index (χ1) is 13.1. The number of fused-ring (bicyclic) bond motifs is 1. The second kappa shape index (κ2) is 7.32. The van der Waals surface area contributed by atoms with Gasteiger partial charge in [-0.15, -0.1) is 0 Å². The van der Waals surface area contributed by atoms with E-state index in [2.05, 4.69) is 15.3 Å². The number of imidazole rings is 1. The highest BCUT2D eigenvalue weighted by Gasteiger charge is 2.25. The lowest BCUT2D eigenvalue weighted by molar-refractivity contribution is -0.307. The largest absolute Gasteiger partial charge is 0.548 e. The van der Waals surface area contributed by atoms with Gasteiger partial charge in [-0.05, 0) is 67.5 Å². The molecule has 1 atom stereocenters. The smallest absolute Gasteiger partial charge is 0.175 e. The highest BCUT2D eigenvalue weighted by Crippen LogP contribution is 2.27. The number of hydrogen-bond donors (Lipinski definition) is 3. The lowest BCUT2D eigenvalue weighted by Gasteiger charge is -2.27. The zero-order valence-corrected chi connectivity index (χ0v) is 15.3. The minimum absolute atomic E-state index is 0.307. The molecule has 2 aromatic carbocycles. The number of hydrogen-bond acceptors (Lipinski definition) is 6. The van der Waals surface area contributed by atoms with Crippen LogP contribution in [0, 0.1) is 4.77 Å². The van der Waals surface area contributed by atoms with Crippen LogP contribution in [0.5, 0.6) is 5.75 Å². The molecule has 1 unspecified atom stereocenters. The number of nitrogens with zero attached hydrogens (tertiary/aromatic N) is 1. The lowest BCUT2D eigenvalue weighted by Crippen LogP contribution is -2.44. The van der Waals surface area contributed by atoms with Crippen LogP contribution in [0.1, 0.15) is 12.8 Å². The Morgan fingerprint density at radius 3 is 2.78 bits per heavy atom. The van der Waals surface area contributed by atoms with Gasteiger partial charge in [0.15, 0.2) is 11.5 Å². The molecule has 0 saturated carbocycles. The van der Waals surface area contributed by atoms with Gasteiger partial charge >= 0.3 is 0 Å². The number of carbonyl (C=O) groups is 1. The van der Waals surface area contributed by atoms with Crippen LogP contribution in [0.4, 0.5) is 11.4 Å². The van der Waals surface area contributed by atoms with Crippen LogP contribution in [0.25, 0.3) is 11.0 Å². The Hall–Kier alpha value is -3.00. The SMILES string of the molecule is O=C([O-])C1CCCN1c1ccc(OCNc2ccc3[nH]c(=S)[nH]c3c2)cc1. The van der Waals surface area contributed by atoms with E-state index in [9.17, 15) is 9.90 Å². The quantitative estimate of drug-likeness (QED) is 0.447. The van der Waals surface area contributed by atoms with Gasteiger partial charge in [0, 0.05) is 17.9 Å². The Bertz CT molecular complexity index is 1010. The van der Waals surface area contributed by atoms with Crippen molar-refractivity contribution in [1.82, 2.24) is 9.97 Å². The fraction of sp³-hybridized carbons (Fsp3) is 0.263. The van der Waals surface area contributed by atoms with Crippen LogP contribution >= 0.6 is 12.2 Å². The molecule has 7 nitrogen and oxygen atoms in total. The fourth-order valence-electron chi connectivity index (χ4n) is 3.40. The van der Waals surface area contributed by atoms with Gasteiger partial charge in [-0.25, -0.2) is 0 Å². The van der Waals surface area contributed by atoms with Crippen LogP contribution < -0.4 is 20.1 Å². The summed E-state index contributed by atoms with van der Waals surface area (Å²) < 4.78 is 6.32. The molecule has 0 spiro atoms. The molecule has 27 heavy (non-hydrogen) atoms. The molecule has 0 amide bonds. The van der Waals surface area contributed by atoms with Crippen molar-refractivity contribution in [3.8, 4) is 5.75 Å². The van der Waals surface area contributed by atoms with Gasteiger partial charge in [0.1, 0.15) is 5.75 Å². The Balaban J connectivity index is 1.35. The summed E-state index contributed by atoms with van der Waals surface area (Å²) in [5, 5.41) is 14.4. The summed E-state index contributed by atoms with van der Waals surface area (Å²) in [5.41, 5.74) is 3.68. The average molecular weight is 383 g/mol. The number of benzene rings is 2. The van der Waals surface area contributed by atoms with Crippen LogP contribution in [-0.4, -0.2) is 35.3 Å². The second-order valence-corrected chi connectivity index (χ2v) is 6.88. The molecule has 0 aliphatic carbocycles. The first-order valence-electron chi connectivity index (χ1n) is 8.76. The number of aliphatic carboxylic acids is 1. The van der Waals surface area contributed by atoms with E-state index in [0.29, 0.717) is 23.7 Å². The van der Waals surface area contributed by atoms with Gasteiger partial charge in [-0.2, -0.15) is 0 Å². The zero-order chi connectivity index (χ0) is 18.8. The molecule has 0 bridgehead atoms. The lowest BCUT2D eigenvalue weighted by atomic mass is 10.2. The molecule has 1 fully saturated rings. The van der Waals surface area contributed by atoms with Crippen LogP contribution in [-0.2, 0) is 4.79 Å². The summed E-state index contributed by atoms with van der Waals surface area (Å²) in [6.45, 7) is 1.03. The van der Waals surface area contributed by atoms with Gasteiger partial charge in [-0.3, -0.25) is 0 Å². The van der Waals surface area contributed by atoms with Gasteiger partial charge in [0.25, 0.3) is 0 Å². The van der Waals surface area contributed by atoms with Crippen LogP contribution in [0.3, 0.4) is 0 Å². The molecule has 0 radical (unpaired) electrons. The minimum Gasteiger partial charge on any atom is -0.548 e. The number of nitrogens with one attached hydrogen (secondary N) is 3. The molecule has 3 N–H and O–H groups in total. The maximum absolute atomic E-state index is 11.2. The number of anilines is 2. The first-order valence-corrected chi connectivity index (χ1v) is 9.17. The number of rotatable bonds is 6. The van der Waals surface area contributed by atoms with Gasteiger partial charge in [0.2, 0.25) is 0 Å². The van der Waals surface area contributed by atoms with Gasteiger partial charge in [0.05, 0.1) is 23.0 Å². The number of carbonyl (C=O) groups excluding carboxylic acids is 1. The third-order valence-corrected chi connectivity index (χ3v) is 4.93. The van der Waals surface area contributed by atoms with Crippen molar-refractivity contribution in [2.24, 2.45) is 0 Å². The van der Waals surface area contributed by atoms with Crippen molar-refractivity contribution in [2.75, 3.05) is 23.5 Å². The number of ether oxygens (including phenoxy) is 1. The third-order valence-electron chi connectivity index (χ3n) is 4.72. The topological polar surface area (TPSA) is 96.2 Å². The summed E-state index contributed by atoms with van der Waals surface area (Å²) in [7, 11) is 0. The third kappa shape index (κ3) is 3.75. The number of aromatic amines is 2. The van der Waals surface area contributed by atoms with Crippen molar-refractivity contribution in [1.29, 1.82) is 0 Å². The van der Waals surface area contributed by atoms with Crippen molar-refractivity contribution >= 4 is 40.6 Å². The van der Waals surface area contributed by atoms with E-state index >= 15 is 0 Å². The maximum atomic E-state index is 11.2.